The van der Waals surface area contributed by atoms with Crippen molar-refractivity contribution in [3.8, 4) is 0 Å². The fraction of sp³-hybridized carbons (Fsp3) is 0.571. The summed E-state index contributed by atoms with van der Waals surface area (Å²) in [5.74, 6) is 0. The summed E-state index contributed by atoms with van der Waals surface area (Å²) in [4.78, 5) is 0.189. The first-order chi connectivity index (χ1) is 9.94. The summed E-state index contributed by atoms with van der Waals surface area (Å²) in [7, 11) is -3.52. The van der Waals surface area contributed by atoms with E-state index in [4.69, 9.17) is 0 Å². The molecule has 0 bridgehead atoms. The van der Waals surface area contributed by atoms with E-state index < -0.39 is 22.5 Å². The molecule has 0 radical (unpaired) electrons. The van der Waals surface area contributed by atoms with Gasteiger partial charge in [-0.25, -0.2) is 21.9 Å². The Labute approximate surface area is 124 Å². The zero-order valence-corrected chi connectivity index (χ0v) is 12.7. The second-order valence-corrected chi connectivity index (χ2v) is 6.97. The first-order valence-electron chi connectivity index (χ1n) is 7.07. The zero-order chi connectivity index (χ0) is 15.5. The largest absolute Gasteiger partial charge is 0.304 e. The van der Waals surface area contributed by atoms with Crippen LogP contribution in [0.5, 0.6) is 0 Å². The van der Waals surface area contributed by atoms with Crippen LogP contribution in [-0.2, 0) is 23.0 Å². The van der Waals surface area contributed by atoms with Crippen LogP contribution in [0.2, 0.25) is 0 Å². The van der Waals surface area contributed by atoms with E-state index in [1.807, 2.05) is 6.92 Å². The molecule has 1 aliphatic heterocycles. The number of hydrogen-bond acceptors (Lipinski definition) is 3. The van der Waals surface area contributed by atoms with Crippen molar-refractivity contribution < 1.29 is 17.2 Å². The molecule has 0 spiro atoms. The maximum Gasteiger partial charge on any atom is 0.254 e. The number of unbranched alkanes of at least 4 members (excludes halogenated alkanes) is 1. The first-order valence-corrected chi connectivity index (χ1v) is 8.55. The maximum absolute atomic E-state index is 12.7. The minimum Gasteiger partial charge on any atom is -0.304 e. The van der Waals surface area contributed by atoms with Crippen LogP contribution in [0.1, 0.15) is 30.9 Å². The number of fused-ring (bicyclic) bond motifs is 1. The number of hydrogen-bond donors (Lipinski definition) is 2. The van der Waals surface area contributed by atoms with Gasteiger partial charge in [-0.15, -0.1) is 0 Å². The Hall–Kier alpha value is -1.05. The Morgan fingerprint density at radius 3 is 2.81 bits per heavy atom. The average molecular weight is 318 g/mol. The Bertz CT molecular complexity index is 591. The van der Waals surface area contributed by atoms with Crippen LogP contribution in [0.15, 0.2) is 23.1 Å². The molecule has 1 aliphatic rings. The molecule has 0 fully saturated rings. The fourth-order valence-corrected chi connectivity index (χ4v) is 3.45. The predicted octanol–water partition coefficient (Wildman–Crippen LogP) is 2.04. The number of rotatable bonds is 6. The van der Waals surface area contributed by atoms with Gasteiger partial charge in [-0.1, -0.05) is 19.4 Å². The van der Waals surface area contributed by atoms with E-state index >= 15 is 0 Å². The summed E-state index contributed by atoms with van der Waals surface area (Å²) in [6.45, 7) is 2.66. The molecule has 0 saturated carbocycles. The van der Waals surface area contributed by atoms with E-state index in [1.54, 1.807) is 12.1 Å². The number of nitrogens with one attached hydrogen (secondary N) is 2. The molecule has 1 aromatic rings. The van der Waals surface area contributed by atoms with Gasteiger partial charge in [0.2, 0.25) is 10.0 Å². The van der Waals surface area contributed by atoms with E-state index in [1.165, 1.54) is 6.07 Å². The molecule has 1 heterocycles. The van der Waals surface area contributed by atoms with Crippen molar-refractivity contribution in [2.45, 2.75) is 50.1 Å². The second-order valence-electron chi connectivity index (χ2n) is 5.21. The highest BCUT2D eigenvalue weighted by molar-refractivity contribution is 7.89. The summed E-state index contributed by atoms with van der Waals surface area (Å²) in [5, 5.41) is 2.74. The summed E-state index contributed by atoms with van der Waals surface area (Å²) in [5.41, 5.74) is 1.55. The van der Waals surface area contributed by atoms with E-state index in [-0.39, 0.29) is 17.9 Å². The van der Waals surface area contributed by atoms with Gasteiger partial charge < -0.3 is 5.32 Å². The number of benzene rings is 1. The van der Waals surface area contributed by atoms with Crippen molar-refractivity contribution in [3.63, 3.8) is 0 Å². The molecule has 0 aromatic heterocycles. The Morgan fingerprint density at radius 2 is 2.14 bits per heavy atom. The van der Waals surface area contributed by atoms with Gasteiger partial charge in [-0.3, -0.25) is 0 Å². The molecule has 1 aromatic carbocycles. The lowest BCUT2D eigenvalue weighted by molar-refractivity contribution is 0.0941. The Morgan fingerprint density at radius 1 is 1.38 bits per heavy atom. The Kier molecular flexibility index (Phi) is 5.29. The molecule has 2 rings (SSSR count). The quantitative estimate of drug-likeness (QED) is 0.789. The van der Waals surface area contributed by atoms with Crippen LogP contribution in [0.4, 0.5) is 8.78 Å². The normalized spacial score (nSPS) is 18.8. The predicted molar refractivity (Wildman–Crippen MR) is 76.9 cm³/mol. The van der Waals surface area contributed by atoms with Crippen LogP contribution >= 0.6 is 0 Å². The molecule has 7 heteroatoms. The van der Waals surface area contributed by atoms with Gasteiger partial charge in [-0.05, 0) is 36.1 Å². The Balaban J connectivity index is 2.15. The van der Waals surface area contributed by atoms with Gasteiger partial charge in [0.25, 0.3) is 6.43 Å². The third kappa shape index (κ3) is 3.99. The standard InChI is InChI=1S/C14H20F2N2O2S/c1-2-3-6-18-21(19,20)12-5-4-10-8-13(14(15)16)17-9-11(10)7-12/h4-5,7,13-14,17-18H,2-3,6,8-9H2,1H3. The highest BCUT2D eigenvalue weighted by atomic mass is 32.2. The van der Waals surface area contributed by atoms with E-state index in [0.29, 0.717) is 6.54 Å². The number of alkyl halides is 2. The molecule has 0 aliphatic carbocycles. The van der Waals surface area contributed by atoms with Crippen LogP contribution in [-0.4, -0.2) is 27.4 Å². The number of sulfonamides is 1. The minimum atomic E-state index is -3.52. The lowest BCUT2D eigenvalue weighted by Gasteiger charge is -2.25. The van der Waals surface area contributed by atoms with Crippen molar-refractivity contribution in [1.29, 1.82) is 0 Å². The minimum absolute atomic E-state index is 0.189. The molecule has 0 saturated heterocycles. The van der Waals surface area contributed by atoms with Crippen LogP contribution < -0.4 is 10.0 Å². The number of halogens is 2. The molecule has 2 N–H and O–H groups in total. The molecular formula is C14H20F2N2O2S. The lowest BCUT2D eigenvalue weighted by Crippen LogP contribution is -2.40. The molecule has 1 atom stereocenters. The van der Waals surface area contributed by atoms with Crippen molar-refractivity contribution in [2.75, 3.05) is 6.54 Å². The second kappa shape index (κ2) is 6.81. The summed E-state index contributed by atoms with van der Waals surface area (Å²) in [6, 6.07) is 3.83. The average Bonchev–Trinajstić information content (AvgIpc) is 2.46. The summed E-state index contributed by atoms with van der Waals surface area (Å²) in [6.07, 6.45) is -0.512. The van der Waals surface area contributed by atoms with E-state index in [0.717, 1.165) is 24.0 Å². The highest BCUT2D eigenvalue weighted by Gasteiger charge is 2.26. The topological polar surface area (TPSA) is 58.2 Å². The van der Waals surface area contributed by atoms with Crippen molar-refractivity contribution in [1.82, 2.24) is 10.0 Å². The van der Waals surface area contributed by atoms with Crippen LogP contribution in [0.25, 0.3) is 0 Å². The molecule has 118 valence electrons. The highest BCUT2D eigenvalue weighted by Crippen LogP contribution is 2.23. The fourth-order valence-electron chi connectivity index (χ4n) is 2.33. The van der Waals surface area contributed by atoms with Crippen molar-refractivity contribution in [2.24, 2.45) is 0 Å². The third-order valence-corrected chi connectivity index (χ3v) is 5.07. The monoisotopic (exact) mass is 318 g/mol. The van der Waals surface area contributed by atoms with Crippen molar-refractivity contribution >= 4 is 10.0 Å². The summed E-state index contributed by atoms with van der Waals surface area (Å²) >= 11 is 0. The van der Waals surface area contributed by atoms with Gasteiger partial charge in [-0.2, -0.15) is 0 Å². The van der Waals surface area contributed by atoms with Gasteiger partial charge >= 0.3 is 0 Å². The maximum atomic E-state index is 12.7. The van der Waals surface area contributed by atoms with E-state index in [2.05, 4.69) is 10.0 Å². The van der Waals surface area contributed by atoms with E-state index in [9.17, 15) is 17.2 Å². The molecule has 0 amide bonds. The van der Waals surface area contributed by atoms with Crippen LogP contribution in [0, 0.1) is 0 Å². The van der Waals surface area contributed by atoms with Gasteiger partial charge in [0.1, 0.15) is 0 Å². The summed E-state index contributed by atoms with van der Waals surface area (Å²) < 4.78 is 52.1. The smallest absolute Gasteiger partial charge is 0.254 e. The zero-order valence-electron chi connectivity index (χ0n) is 11.9. The van der Waals surface area contributed by atoms with Crippen LogP contribution in [0.3, 0.4) is 0 Å². The third-order valence-electron chi connectivity index (χ3n) is 3.61. The molecule has 21 heavy (non-hydrogen) atoms. The lowest BCUT2D eigenvalue weighted by atomic mass is 9.96. The van der Waals surface area contributed by atoms with Gasteiger partial charge in [0.15, 0.2) is 0 Å². The molecular weight excluding hydrogens is 298 g/mol. The SMILES string of the molecule is CCCCNS(=O)(=O)c1ccc2c(c1)CNC(C(F)F)C2. The molecule has 1 unspecified atom stereocenters. The molecule has 4 nitrogen and oxygen atoms in total. The van der Waals surface area contributed by atoms with Crippen molar-refractivity contribution in [3.05, 3.63) is 29.3 Å². The van der Waals surface area contributed by atoms with Gasteiger partial charge in [0, 0.05) is 13.1 Å². The first kappa shape index (κ1) is 16.3. The van der Waals surface area contributed by atoms with Gasteiger partial charge in [0.05, 0.1) is 10.9 Å².